The first-order valence-corrected chi connectivity index (χ1v) is 12.0. The molecule has 2 bridgehead atoms. The summed E-state index contributed by atoms with van der Waals surface area (Å²) in [6.45, 7) is 4.59. The highest BCUT2D eigenvalue weighted by molar-refractivity contribution is 5.74. The van der Waals surface area contributed by atoms with Crippen LogP contribution in [-0.2, 0) is 0 Å². The van der Waals surface area contributed by atoms with Crippen molar-refractivity contribution in [1.29, 1.82) is 0 Å². The maximum absolute atomic E-state index is 10.3. The van der Waals surface area contributed by atoms with Crippen molar-refractivity contribution in [3.8, 4) is 22.8 Å². The van der Waals surface area contributed by atoms with E-state index in [-0.39, 0.29) is 5.75 Å². The van der Waals surface area contributed by atoms with Gasteiger partial charge in [0.15, 0.2) is 5.82 Å². The van der Waals surface area contributed by atoms with Gasteiger partial charge in [0, 0.05) is 61.5 Å². The van der Waals surface area contributed by atoms with Crippen molar-refractivity contribution in [1.82, 2.24) is 15.5 Å². The summed E-state index contributed by atoms with van der Waals surface area (Å²) in [7, 11) is 0. The second kappa shape index (κ2) is 8.68. The molecule has 0 spiro atoms. The lowest BCUT2D eigenvalue weighted by Crippen LogP contribution is -2.54. The zero-order valence-electron chi connectivity index (χ0n) is 19.1. The van der Waals surface area contributed by atoms with Gasteiger partial charge in [0.2, 0.25) is 0 Å². The number of anilines is 3. The van der Waals surface area contributed by atoms with Crippen LogP contribution >= 0.6 is 0 Å². The Morgan fingerprint density at radius 2 is 1.79 bits per heavy atom. The molecule has 0 radical (unpaired) electrons. The zero-order valence-corrected chi connectivity index (χ0v) is 19.1. The van der Waals surface area contributed by atoms with E-state index in [2.05, 4.69) is 49.6 Å². The van der Waals surface area contributed by atoms with E-state index < -0.39 is 0 Å². The lowest BCUT2D eigenvalue weighted by atomic mass is 10.1. The van der Waals surface area contributed by atoms with Gasteiger partial charge in [-0.15, -0.1) is 10.2 Å². The number of phenols is 1. The first kappa shape index (κ1) is 21.0. The van der Waals surface area contributed by atoms with Crippen molar-refractivity contribution < 1.29 is 9.84 Å². The molecule has 0 aliphatic carbocycles. The fourth-order valence-electron chi connectivity index (χ4n) is 5.40. The van der Waals surface area contributed by atoms with Crippen molar-refractivity contribution >= 4 is 17.2 Å². The third-order valence-electron chi connectivity index (χ3n) is 7.27. The smallest absolute Gasteiger partial charge is 0.169 e. The lowest BCUT2D eigenvalue weighted by molar-refractivity contribution is 0.199. The van der Waals surface area contributed by atoms with Crippen molar-refractivity contribution in [3.05, 3.63) is 54.6 Å². The minimum Gasteiger partial charge on any atom is -0.507 e. The molecule has 1 aromatic heterocycles. The number of hydrogen-bond donors (Lipinski definition) is 3. The lowest BCUT2D eigenvalue weighted by Gasteiger charge is -2.43. The van der Waals surface area contributed by atoms with E-state index in [0.29, 0.717) is 35.1 Å². The molecule has 176 valence electrons. The molecule has 3 aliphatic rings. The highest BCUT2D eigenvalue weighted by atomic mass is 16.5. The average Bonchev–Trinajstić information content (AvgIpc) is 3.08. The molecule has 3 aromatic rings. The summed E-state index contributed by atoms with van der Waals surface area (Å²) in [5.74, 6) is 2.17. The number of phenolic OH excluding ortho intramolecular Hbond substituents is 1. The van der Waals surface area contributed by atoms with E-state index in [1.165, 1.54) is 5.69 Å². The molecule has 8 heteroatoms. The molecule has 6 rings (SSSR count). The third-order valence-corrected chi connectivity index (χ3v) is 7.27. The van der Waals surface area contributed by atoms with Crippen molar-refractivity contribution in [2.45, 2.75) is 24.9 Å². The number of nitrogens with one attached hydrogen (secondary N) is 1. The van der Waals surface area contributed by atoms with Crippen LogP contribution in [0.25, 0.3) is 11.3 Å². The molecule has 8 nitrogen and oxygen atoms in total. The highest BCUT2D eigenvalue weighted by Crippen LogP contribution is 2.39. The number of ether oxygens (including phenoxy) is 1. The van der Waals surface area contributed by atoms with Crippen LogP contribution in [0.15, 0.2) is 54.6 Å². The summed E-state index contributed by atoms with van der Waals surface area (Å²) >= 11 is 0. The molecule has 3 fully saturated rings. The van der Waals surface area contributed by atoms with Gasteiger partial charge in [0.25, 0.3) is 0 Å². The average molecular weight is 459 g/mol. The van der Waals surface area contributed by atoms with E-state index >= 15 is 0 Å². The van der Waals surface area contributed by atoms with Crippen LogP contribution in [0.3, 0.4) is 0 Å². The number of benzene rings is 2. The largest absolute Gasteiger partial charge is 0.507 e. The number of aromatic nitrogens is 2. The first-order valence-electron chi connectivity index (χ1n) is 12.0. The first-order chi connectivity index (χ1) is 16.7. The van der Waals surface area contributed by atoms with Gasteiger partial charge >= 0.3 is 0 Å². The predicted molar refractivity (Wildman–Crippen MR) is 133 cm³/mol. The van der Waals surface area contributed by atoms with Crippen LogP contribution < -0.4 is 25.6 Å². The number of rotatable bonds is 6. The summed E-state index contributed by atoms with van der Waals surface area (Å²) < 4.78 is 6.07. The monoisotopic (exact) mass is 458 g/mol. The Labute approximate surface area is 199 Å². The number of aromatic hydroxyl groups is 1. The molecule has 2 atom stereocenters. The Balaban J connectivity index is 1.21. The maximum Gasteiger partial charge on any atom is 0.169 e. The molecule has 0 unspecified atom stereocenters. The van der Waals surface area contributed by atoms with Crippen LogP contribution in [0, 0.1) is 5.92 Å². The molecule has 2 aromatic carbocycles. The van der Waals surface area contributed by atoms with Gasteiger partial charge in [0.1, 0.15) is 11.5 Å². The molecule has 4 heterocycles. The third kappa shape index (κ3) is 3.88. The normalized spacial score (nSPS) is 22.0. The number of nitrogen functional groups attached to an aromatic ring is 1. The minimum atomic E-state index is 0.188. The van der Waals surface area contributed by atoms with Gasteiger partial charge in [-0.1, -0.05) is 18.2 Å². The fourth-order valence-corrected chi connectivity index (χ4v) is 5.40. The van der Waals surface area contributed by atoms with Crippen LogP contribution in [0.4, 0.5) is 17.2 Å². The maximum atomic E-state index is 10.3. The topological polar surface area (TPSA) is 99.8 Å². The number of piperazine rings is 1. The van der Waals surface area contributed by atoms with Crippen molar-refractivity contribution in [2.24, 2.45) is 5.92 Å². The molecular weight excluding hydrogens is 428 g/mol. The summed E-state index contributed by atoms with van der Waals surface area (Å²) in [6, 6.07) is 18.5. The second-order valence-electron chi connectivity index (χ2n) is 9.55. The number of nitrogens with two attached hydrogens (primary N) is 1. The van der Waals surface area contributed by atoms with Gasteiger partial charge < -0.3 is 30.7 Å². The number of hydrogen-bond acceptors (Lipinski definition) is 8. The summed E-state index contributed by atoms with van der Waals surface area (Å²) in [4.78, 5) is 4.89. The van der Waals surface area contributed by atoms with Crippen LogP contribution in [-0.4, -0.2) is 60.2 Å². The molecule has 3 aliphatic heterocycles. The molecule has 3 saturated heterocycles. The van der Waals surface area contributed by atoms with Crippen molar-refractivity contribution in [3.63, 3.8) is 0 Å². The Hall–Kier alpha value is -3.52. The minimum absolute atomic E-state index is 0.188. The highest BCUT2D eigenvalue weighted by Gasteiger charge is 2.40. The van der Waals surface area contributed by atoms with Gasteiger partial charge in [0.05, 0.1) is 18.0 Å². The SMILES string of the molecule is Nc1nnc(-c2ccccc2O)cc1N1C[C@H]2CC[C@@H](C1)N2c1cccc(OCC2CNC2)c1. The van der Waals surface area contributed by atoms with Crippen LogP contribution in [0.5, 0.6) is 11.5 Å². The molecular formula is C26H30N6O2. The second-order valence-corrected chi connectivity index (χ2v) is 9.55. The molecule has 0 saturated carbocycles. The molecule has 34 heavy (non-hydrogen) atoms. The van der Waals surface area contributed by atoms with Gasteiger partial charge in [-0.3, -0.25) is 0 Å². The molecule has 4 N–H and O–H groups in total. The molecule has 0 amide bonds. The standard InChI is InChI=1S/C26H30N6O2/c27-26-24(11-23(29-30-26)22-6-1-2-7-25(22)33)31-14-19-8-9-20(15-31)32(19)18-4-3-5-21(10-18)34-16-17-12-28-13-17/h1-7,10-11,17,19-20,28,33H,8-9,12-16H2,(H2,27,30)/t19-,20+. The Morgan fingerprint density at radius 3 is 2.53 bits per heavy atom. The van der Waals surface area contributed by atoms with E-state index in [0.717, 1.165) is 57.1 Å². The number of para-hydroxylation sites is 1. The fraction of sp³-hybridized carbons (Fsp3) is 0.385. The van der Waals surface area contributed by atoms with Crippen LogP contribution in [0.2, 0.25) is 0 Å². The summed E-state index contributed by atoms with van der Waals surface area (Å²) in [5.41, 5.74) is 9.68. The van der Waals surface area contributed by atoms with E-state index in [1.807, 2.05) is 18.2 Å². The van der Waals surface area contributed by atoms with Crippen molar-refractivity contribution in [2.75, 3.05) is 48.3 Å². The van der Waals surface area contributed by atoms with Crippen LogP contribution in [0.1, 0.15) is 12.8 Å². The van der Waals surface area contributed by atoms with E-state index in [9.17, 15) is 5.11 Å². The quantitative estimate of drug-likeness (QED) is 0.519. The Bertz CT molecular complexity index is 1170. The van der Waals surface area contributed by atoms with Gasteiger partial charge in [-0.2, -0.15) is 0 Å². The van der Waals surface area contributed by atoms with Gasteiger partial charge in [-0.25, -0.2) is 0 Å². The Kier molecular flexibility index (Phi) is 5.37. The van der Waals surface area contributed by atoms with E-state index in [4.69, 9.17) is 10.5 Å². The summed E-state index contributed by atoms with van der Waals surface area (Å²) in [6.07, 6.45) is 2.29. The van der Waals surface area contributed by atoms with E-state index in [1.54, 1.807) is 12.1 Å². The number of fused-ring (bicyclic) bond motifs is 2. The zero-order chi connectivity index (χ0) is 23.1. The summed E-state index contributed by atoms with van der Waals surface area (Å²) in [5, 5.41) is 22.0. The predicted octanol–water partition coefficient (Wildman–Crippen LogP) is 2.89. The number of nitrogens with zero attached hydrogens (tertiary/aromatic N) is 4. The Morgan fingerprint density at radius 1 is 1.00 bits per heavy atom. The van der Waals surface area contributed by atoms with Gasteiger partial charge in [-0.05, 0) is 43.2 Å².